The summed E-state index contributed by atoms with van der Waals surface area (Å²) < 4.78 is 5.67. The van der Waals surface area contributed by atoms with Crippen LogP contribution in [-0.2, 0) is 9.59 Å². The molecule has 2 amide bonds. The number of anilines is 3. The maximum atomic E-state index is 12.1. The number of para-hydroxylation sites is 1. The zero-order valence-electron chi connectivity index (χ0n) is 15.7. The highest BCUT2D eigenvalue weighted by Crippen LogP contribution is 2.25. The molecule has 0 radical (unpaired) electrons. The molecule has 0 aromatic heterocycles. The van der Waals surface area contributed by atoms with Gasteiger partial charge in [-0.15, -0.1) is 0 Å². The van der Waals surface area contributed by atoms with Gasteiger partial charge in [0.25, 0.3) is 5.69 Å². The van der Waals surface area contributed by atoms with E-state index < -0.39 is 23.2 Å². The second-order valence-corrected chi connectivity index (χ2v) is 6.24. The minimum atomic E-state index is -0.600. The predicted molar refractivity (Wildman–Crippen MR) is 112 cm³/mol. The molecule has 0 aliphatic rings. The van der Waals surface area contributed by atoms with E-state index in [0.717, 1.165) is 6.07 Å². The number of nitro groups is 1. The summed E-state index contributed by atoms with van der Waals surface area (Å²) in [6.07, 6.45) is -0.446. The third-order valence-corrected chi connectivity index (χ3v) is 3.96. The van der Waals surface area contributed by atoms with Crippen LogP contribution in [0, 0.1) is 10.1 Å². The van der Waals surface area contributed by atoms with Crippen molar-refractivity contribution in [2.45, 2.75) is 6.42 Å². The Labute approximate surface area is 171 Å². The van der Waals surface area contributed by atoms with Gasteiger partial charge in [-0.25, -0.2) is 0 Å². The van der Waals surface area contributed by atoms with Gasteiger partial charge in [0.1, 0.15) is 17.9 Å². The van der Waals surface area contributed by atoms with Gasteiger partial charge in [0.15, 0.2) is 0 Å². The maximum Gasteiger partial charge on any atom is 0.271 e. The molecule has 0 unspecified atom stereocenters. The van der Waals surface area contributed by atoms with E-state index in [2.05, 4.69) is 10.6 Å². The molecule has 0 heterocycles. The summed E-state index contributed by atoms with van der Waals surface area (Å²) in [6, 6.07) is 19.6. The molecule has 0 atom stereocenters. The number of non-ortho nitro benzene ring substituents is 1. The summed E-state index contributed by atoms with van der Waals surface area (Å²) in [6.45, 7) is 0. The van der Waals surface area contributed by atoms with Gasteiger partial charge >= 0.3 is 0 Å². The van der Waals surface area contributed by atoms with E-state index in [9.17, 15) is 19.7 Å². The molecule has 3 aromatic rings. The summed E-state index contributed by atoms with van der Waals surface area (Å²) >= 11 is 0. The van der Waals surface area contributed by atoms with Crippen LogP contribution in [0.25, 0.3) is 0 Å². The average molecular weight is 406 g/mol. The molecule has 152 valence electrons. The van der Waals surface area contributed by atoms with Gasteiger partial charge in [-0.05, 0) is 42.5 Å². The summed E-state index contributed by atoms with van der Waals surface area (Å²) in [7, 11) is 0. The molecular formula is C21H18N4O5. The molecule has 0 aliphatic carbocycles. The fourth-order valence-electron chi connectivity index (χ4n) is 2.55. The molecule has 0 aliphatic heterocycles. The Morgan fingerprint density at radius 1 is 0.900 bits per heavy atom. The normalized spacial score (nSPS) is 10.1. The van der Waals surface area contributed by atoms with E-state index in [0.29, 0.717) is 17.2 Å². The van der Waals surface area contributed by atoms with Crippen LogP contribution in [0.4, 0.5) is 22.7 Å². The summed E-state index contributed by atoms with van der Waals surface area (Å²) in [5, 5.41) is 15.8. The van der Waals surface area contributed by atoms with Crippen molar-refractivity contribution in [3.8, 4) is 11.5 Å². The van der Waals surface area contributed by atoms with Crippen molar-refractivity contribution in [3.63, 3.8) is 0 Å². The number of rotatable bonds is 7. The molecule has 3 rings (SSSR count). The van der Waals surface area contributed by atoms with Crippen LogP contribution in [0.3, 0.4) is 0 Å². The van der Waals surface area contributed by atoms with E-state index in [1.54, 1.807) is 24.3 Å². The first-order chi connectivity index (χ1) is 14.4. The minimum absolute atomic E-state index is 0.0342. The minimum Gasteiger partial charge on any atom is -0.457 e. The summed E-state index contributed by atoms with van der Waals surface area (Å²) in [5.74, 6) is 0.170. The van der Waals surface area contributed by atoms with Crippen LogP contribution in [0.15, 0.2) is 72.8 Å². The third-order valence-electron chi connectivity index (χ3n) is 3.96. The molecule has 0 saturated heterocycles. The third kappa shape index (κ3) is 5.55. The van der Waals surface area contributed by atoms with Crippen molar-refractivity contribution >= 4 is 34.6 Å². The van der Waals surface area contributed by atoms with Crippen LogP contribution >= 0.6 is 0 Å². The van der Waals surface area contributed by atoms with Crippen molar-refractivity contribution in [1.29, 1.82) is 0 Å². The predicted octanol–water partition coefficient (Wildman–Crippen LogP) is 3.94. The highest BCUT2D eigenvalue weighted by molar-refractivity contribution is 6.08. The lowest BCUT2D eigenvalue weighted by molar-refractivity contribution is -0.384. The number of carbonyl (C=O) groups excluding carboxylic acids is 2. The van der Waals surface area contributed by atoms with Crippen LogP contribution in [-0.4, -0.2) is 16.7 Å². The summed E-state index contributed by atoms with van der Waals surface area (Å²) in [5.41, 5.74) is 6.24. The number of nitrogens with one attached hydrogen (secondary N) is 2. The Bertz CT molecular complexity index is 1070. The zero-order valence-corrected chi connectivity index (χ0v) is 15.7. The van der Waals surface area contributed by atoms with Gasteiger partial charge in [-0.3, -0.25) is 19.7 Å². The highest BCUT2D eigenvalue weighted by atomic mass is 16.6. The van der Waals surface area contributed by atoms with Crippen LogP contribution in [0.5, 0.6) is 11.5 Å². The number of nitrogen functional groups attached to an aromatic ring is 1. The number of nitro benzene ring substituents is 1. The van der Waals surface area contributed by atoms with E-state index in [1.165, 1.54) is 12.1 Å². The smallest absolute Gasteiger partial charge is 0.271 e. The van der Waals surface area contributed by atoms with Gasteiger partial charge < -0.3 is 21.1 Å². The van der Waals surface area contributed by atoms with Crippen LogP contribution < -0.4 is 21.1 Å². The lowest BCUT2D eigenvalue weighted by Gasteiger charge is -2.09. The van der Waals surface area contributed by atoms with Gasteiger partial charge in [-0.1, -0.05) is 18.2 Å². The lowest BCUT2D eigenvalue weighted by Crippen LogP contribution is -2.21. The molecule has 0 saturated carbocycles. The van der Waals surface area contributed by atoms with E-state index in [-0.39, 0.29) is 17.1 Å². The SMILES string of the molecule is Nc1cc([N+](=O)[O-])ccc1NC(=O)CC(=O)Nc1ccc(Oc2ccccc2)cc1. The molecule has 4 N–H and O–H groups in total. The van der Waals surface area contributed by atoms with E-state index in [1.807, 2.05) is 30.3 Å². The van der Waals surface area contributed by atoms with Crippen LogP contribution in [0.2, 0.25) is 0 Å². The molecule has 0 spiro atoms. The Morgan fingerprint density at radius 2 is 1.53 bits per heavy atom. The number of amides is 2. The van der Waals surface area contributed by atoms with Crippen molar-refractivity contribution in [3.05, 3.63) is 82.9 Å². The maximum absolute atomic E-state index is 12.1. The van der Waals surface area contributed by atoms with Crippen molar-refractivity contribution in [2.75, 3.05) is 16.4 Å². The monoisotopic (exact) mass is 406 g/mol. The quantitative estimate of drug-likeness (QED) is 0.235. The first-order valence-electron chi connectivity index (χ1n) is 8.87. The van der Waals surface area contributed by atoms with E-state index in [4.69, 9.17) is 10.5 Å². The van der Waals surface area contributed by atoms with Gasteiger partial charge in [-0.2, -0.15) is 0 Å². The number of nitrogens with zero attached hydrogens (tertiary/aromatic N) is 1. The molecule has 0 fully saturated rings. The van der Waals surface area contributed by atoms with Crippen molar-refractivity contribution < 1.29 is 19.2 Å². The van der Waals surface area contributed by atoms with Crippen molar-refractivity contribution in [2.24, 2.45) is 0 Å². The summed E-state index contributed by atoms with van der Waals surface area (Å²) in [4.78, 5) is 34.3. The molecular weight excluding hydrogens is 388 g/mol. The molecule has 0 bridgehead atoms. The molecule has 3 aromatic carbocycles. The molecule has 30 heavy (non-hydrogen) atoms. The van der Waals surface area contributed by atoms with Crippen molar-refractivity contribution in [1.82, 2.24) is 0 Å². The Morgan fingerprint density at radius 3 is 2.17 bits per heavy atom. The zero-order chi connectivity index (χ0) is 21.5. The second-order valence-electron chi connectivity index (χ2n) is 6.24. The standard InChI is InChI=1S/C21H18N4O5/c22-18-12-15(25(28)29)8-11-19(18)24-21(27)13-20(26)23-14-6-9-17(10-7-14)30-16-4-2-1-3-5-16/h1-12H,13,22H2,(H,23,26)(H,24,27). The average Bonchev–Trinajstić information content (AvgIpc) is 2.71. The molecule has 9 heteroatoms. The number of carbonyl (C=O) groups is 2. The topological polar surface area (TPSA) is 137 Å². The number of nitrogens with two attached hydrogens (primary N) is 1. The second kappa shape index (κ2) is 9.20. The number of hydrogen-bond acceptors (Lipinski definition) is 6. The lowest BCUT2D eigenvalue weighted by atomic mass is 10.2. The van der Waals surface area contributed by atoms with Crippen LogP contribution in [0.1, 0.15) is 6.42 Å². The van der Waals surface area contributed by atoms with Gasteiger partial charge in [0.2, 0.25) is 11.8 Å². The number of hydrogen-bond donors (Lipinski definition) is 3. The van der Waals surface area contributed by atoms with Gasteiger partial charge in [0.05, 0.1) is 16.3 Å². The largest absolute Gasteiger partial charge is 0.457 e. The Hall–Kier alpha value is -4.40. The molecule has 9 nitrogen and oxygen atoms in total. The fourth-order valence-corrected chi connectivity index (χ4v) is 2.55. The number of ether oxygens (including phenoxy) is 1. The Kier molecular flexibility index (Phi) is 6.23. The highest BCUT2D eigenvalue weighted by Gasteiger charge is 2.14. The fraction of sp³-hybridized carbons (Fsp3) is 0.0476. The first-order valence-corrected chi connectivity index (χ1v) is 8.87. The first kappa shape index (κ1) is 20.3. The van der Waals surface area contributed by atoms with Gasteiger partial charge in [0, 0.05) is 17.8 Å². The van der Waals surface area contributed by atoms with E-state index >= 15 is 0 Å². The Balaban J connectivity index is 1.52. The number of benzene rings is 3.